The van der Waals surface area contributed by atoms with Crippen molar-refractivity contribution >= 4 is 5.91 Å². The van der Waals surface area contributed by atoms with E-state index in [1.165, 1.54) is 0 Å². The molecule has 1 N–H and O–H groups in total. The standard InChI is InChI=1S/C14H21N3O/c1-17-9-6-13(7-10-17)16-14(18)5-4-12-3-2-8-15-11-12/h2-3,8,11,13H,4-7,9-10H2,1H3,(H,16,18). The average Bonchev–Trinajstić information content (AvgIpc) is 2.40. The van der Waals surface area contributed by atoms with Crippen molar-refractivity contribution in [1.82, 2.24) is 15.2 Å². The van der Waals surface area contributed by atoms with Crippen LogP contribution in [0.25, 0.3) is 0 Å². The fourth-order valence-corrected chi connectivity index (χ4v) is 2.26. The van der Waals surface area contributed by atoms with E-state index < -0.39 is 0 Å². The number of aromatic nitrogens is 1. The van der Waals surface area contributed by atoms with Crippen LogP contribution < -0.4 is 5.32 Å². The van der Waals surface area contributed by atoms with Gasteiger partial charge in [-0.25, -0.2) is 0 Å². The molecule has 2 rings (SSSR count). The Labute approximate surface area is 108 Å². The van der Waals surface area contributed by atoms with E-state index in [9.17, 15) is 4.79 Å². The number of likely N-dealkylation sites (tertiary alicyclic amines) is 1. The van der Waals surface area contributed by atoms with Crippen LogP contribution >= 0.6 is 0 Å². The average molecular weight is 247 g/mol. The highest BCUT2D eigenvalue weighted by molar-refractivity contribution is 5.76. The normalized spacial score (nSPS) is 17.6. The van der Waals surface area contributed by atoms with Gasteiger partial charge in [-0.1, -0.05) is 6.07 Å². The van der Waals surface area contributed by atoms with Gasteiger partial charge >= 0.3 is 0 Å². The number of pyridine rings is 1. The van der Waals surface area contributed by atoms with E-state index in [4.69, 9.17) is 0 Å². The van der Waals surface area contributed by atoms with Crippen LogP contribution in [0, 0.1) is 0 Å². The highest BCUT2D eigenvalue weighted by atomic mass is 16.1. The molecule has 18 heavy (non-hydrogen) atoms. The van der Waals surface area contributed by atoms with Gasteiger partial charge in [0.25, 0.3) is 0 Å². The quantitative estimate of drug-likeness (QED) is 0.870. The Morgan fingerprint density at radius 3 is 2.94 bits per heavy atom. The van der Waals surface area contributed by atoms with Crippen LogP contribution in [0.5, 0.6) is 0 Å². The summed E-state index contributed by atoms with van der Waals surface area (Å²) in [5.74, 6) is 0.161. The molecule has 0 atom stereocenters. The minimum atomic E-state index is 0.161. The van der Waals surface area contributed by atoms with Crippen molar-refractivity contribution in [3.8, 4) is 0 Å². The Morgan fingerprint density at radius 1 is 1.50 bits per heavy atom. The van der Waals surface area contributed by atoms with E-state index >= 15 is 0 Å². The number of nitrogens with zero attached hydrogens (tertiary/aromatic N) is 2. The van der Waals surface area contributed by atoms with Gasteiger partial charge in [0, 0.05) is 24.9 Å². The molecule has 1 saturated heterocycles. The predicted molar refractivity (Wildman–Crippen MR) is 71.2 cm³/mol. The lowest BCUT2D eigenvalue weighted by Gasteiger charge is -2.29. The van der Waals surface area contributed by atoms with Crippen molar-refractivity contribution in [1.29, 1.82) is 0 Å². The molecule has 0 spiro atoms. The zero-order chi connectivity index (χ0) is 12.8. The molecule has 0 aromatic carbocycles. The first-order valence-corrected chi connectivity index (χ1v) is 6.61. The molecule has 0 saturated carbocycles. The van der Waals surface area contributed by atoms with Gasteiger partial charge in [0.1, 0.15) is 0 Å². The number of hydrogen-bond acceptors (Lipinski definition) is 3. The van der Waals surface area contributed by atoms with Gasteiger partial charge in [-0.3, -0.25) is 9.78 Å². The molecule has 1 amide bonds. The van der Waals surface area contributed by atoms with Crippen LogP contribution in [-0.2, 0) is 11.2 Å². The summed E-state index contributed by atoms with van der Waals surface area (Å²) in [5, 5.41) is 3.12. The number of hydrogen-bond donors (Lipinski definition) is 1. The number of rotatable bonds is 4. The Balaban J connectivity index is 1.69. The molecule has 0 unspecified atom stereocenters. The molecule has 1 fully saturated rings. The lowest BCUT2D eigenvalue weighted by molar-refractivity contribution is -0.122. The second-order valence-electron chi connectivity index (χ2n) is 5.01. The van der Waals surface area contributed by atoms with Crippen molar-refractivity contribution in [2.45, 2.75) is 31.7 Å². The van der Waals surface area contributed by atoms with Crippen molar-refractivity contribution in [2.75, 3.05) is 20.1 Å². The molecule has 98 valence electrons. The highest BCUT2D eigenvalue weighted by Crippen LogP contribution is 2.08. The van der Waals surface area contributed by atoms with Crippen LogP contribution in [0.3, 0.4) is 0 Å². The first kappa shape index (κ1) is 13.0. The third-order valence-electron chi connectivity index (χ3n) is 3.45. The number of carbonyl (C=O) groups is 1. The molecule has 1 aliphatic heterocycles. The van der Waals surface area contributed by atoms with E-state index in [1.807, 2.05) is 18.3 Å². The van der Waals surface area contributed by atoms with Gasteiger partial charge in [0.15, 0.2) is 0 Å². The largest absolute Gasteiger partial charge is 0.353 e. The van der Waals surface area contributed by atoms with E-state index in [0.717, 1.165) is 37.9 Å². The molecule has 0 aliphatic carbocycles. The van der Waals surface area contributed by atoms with Crippen LogP contribution in [0.2, 0.25) is 0 Å². The zero-order valence-electron chi connectivity index (χ0n) is 10.9. The Morgan fingerprint density at radius 2 is 2.28 bits per heavy atom. The summed E-state index contributed by atoms with van der Waals surface area (Å²) < 4.78 is 0. The number of nitrogens with one attached hydrogen (secondary N) is 1. The van der Waals surface area contributed by atoms with E-state index in [1.54, 1.807) is 6.20 Å². The van der Waals surface area contributed by atoms with Crippen LogP contribution in [0.15, 0.2) is 24.5 Å². The molecular weight excluding hydrogens is 226 g/mol. The van der Waals surface area contributed by atoms with Gasteiger partial charge in [0.2, 0.25) is 5.91 Å². The summed E-state index contributed by atoms with van der Waals surface area (Å²) in [7, 11) is 2.13. The highest BCUT2D eigenvalue weighted by Gasteiger charge is 2.17. The smallest absolute Gasteiger partial charge is 0.220 e. The first-order valence-electron chi connectivity index (χ1n) is 6.61. The first-order chi connectivity index (χ1) is 8.74. The maximum absolute atomic E-state index is 11.8. The summed E-state index contributed by atoms with van der Waals surface area (Å²) in [6.07, 6.45) is 7.03. The minimum absolute atomic E-state index is 0.161. The molecule has 0 radical (unpaired) electrons. The van der Waals surface area contributed by atoms with Gasteiger partial charge in [-0.15, -0.1) is 0 Å². The van der Waals surface area contributed by atoms with E-state index in [-0.39, 0.29) is 5.91 Å². The van der Waals surface area contributed by atoms with Crippen LogP contribution in [0.4, 0.5) is 0 Å². The van der Waals surface area contributed by atoms with Crippen molar-refractivity contribution in [2.24, 2.45) is 0 Å². The molecule has 2 heterocycles. The number of aryl methyl sites for hydroxylation is 1. The van der Waals surface area contributed by atoms with Gasteiger partial charge in [0.05, 0.1) is 0 Å². The summed E-state index contributed by atoms with van der Waals surface area (Å²) in [6, 6.07) is 4.28. The number of carbonyl (C=O) groups excluding carboxylic acids is 1. The second-order valence-corrected chi connectivity index (χ2v) is 5.01. The Bertz CT molecular complexity index is 372. The van der Waals surface area contributed by atoms with Crippen LogP contribution in [-0.4, -0.2) is 42.0 Å². The molecule has 4 heteroatoms. The summed E-state index contributed by atoms with van der Waals surface area (Å²) in [6.45, 7) is 2.15. The molecular formula is C14H21N3O. The van der Waals surface area contributed by atoms with Crippen molar-refractivity contribution < 1.29 is 4.79 Å². The van der Waals surface area contributed by atoms with Gasteiger partial charge in [-0.05, 0) is 51.0 Å². The maximum Gasteiger partial charge on any atom is 0.220 e. The van der Waals surface area contributed by atoms with Gasteiger partial charge < -0.3 is 10.2 Å². The van der Waals surface area contributed by atoms with E-state index in [0.29, 0.717) is 12.5 Å². The zero-order valence-corrected chi connectivity index (χ0v) is 10.9. The second kappa shape index (κ2) is 6.50. The third-order valence-corrected chi connectivity index (χ3v) is 3.45. The lowest BCUT2D eigenvalue weighted by Crippen LogP contribution is -2.43. The van der Waals surface area contributed by atoms with Crippen LogP contribution in [0.1, 0.15) is 24.8 Å². The van der Waals surface area contributed by atoms with Crippen molar-refractivity contribution in [3.63, 3.8) is 0 Å². The summed E-state index contributed by atoms with van der Waals surface area (Å²) in [5.41, 5.74) is 1.12. The topological polar surface area (TPSA) is 45.2 Å². The maximum atomic E-state index is 11.8. The van der Waals surface area contributed by atoms with Gasteiger partial charge in [-0.2, -0.15) is 0 Å². The number of piperidine rings is 1. The summed E-state index contributed by atoms with van der Waals surface area (Å²) >= 11 is 0. The fraction of sp³-hybridized carbons (Fsp3) is 0.571. The monoisotopic (exact) mass is 247 g/mol. The molecule has 4 nitrogen and oxygen atoms in total. The predicted octanol–water partition coefficient (Wildman–Crippen LogP) is 1.22. The van der Waals surface area contributed by atoms with Crippen molar-refractivity contribution in [3.05, 3.63) is 30.1 Å². The molecule has 1 aliphatic rings. The fourth-order valence-electron chi connectivity index (χ4n) is 2.26. The summed E-state index contributed by atoms with van der Waals surface area (Å²) in [4.78, 5) is 18.2. The van der Waals surface area contributed by atoms with E-state index in [2.05, 4.69) is 22.2 Å². The Hall–Kier alpha value is -1.42. The molecule has 0 bridgehead atoms. The number of amides is 1. The minimum Gasteiger partial charge on any atom is -0.353 e. The third kappa shape index (κ3) is 4.11. The Kier molecular flexibility index (Phi) is 4.70. The SMILES string of the molecule is CN1CCC(NC(=O)CCc2cccnc2)CC1. The molecule has 1 aromatic rings. The lowest BCUT2D eigenvalue weighted by atomic mass is 10.0. The molecule has 1 aromatic heterocycles.